The normalized spacial score (nSPS) is 14.4. The molecule has 0 aliphatic rings. The molecule has 0 radical (unpaired) electrons. The molecule has 0 aliphatic heterocycles. The van der Waals surface area contributed by atoms with Gasteiger partial charge >= 0.3 is 33.6 Å². The van der Waals surface area contributed by atoms with Crippen LogP contribution in [0.1, 0.15) is 432 Å². The van der Waals surface area contributed by atoms with Crippen LogP contribution in [-0.4, -0.2) is 95.9 Å². The summed E-state index contributed by atoms with van der Waals surface area (Å²) in [6.45, 7) is 2.57. The van der Waals surface area contributed by atoms with Gasteiger partial charge < -0.3 is 34.2 Å². The summed E-state index contributed by atoms with van der Waals surface area (Å²) >= 11 is 0. The predicted octanol–water partition coefficient (Wildman–Crippen LogP) is 31.8. The van der Waals surface area contributed by atoms with E-state index < -0.39 is 91.5 Å². The number of phosphoric ester groups is 2. The summed E-state index contributed by atoms with van der Waals surface area (Å²) < 4.78 is 61.7. The average Bonchev–Trinajstić information content (AvgIpc) is 0.904. The smallest absolute Gasteiger partial charge is 0.463 e. The van der Waals surface area contributed by atoms with Crippen LogP contribution in [0.5, 0.6) is 0 Å². The van der Waals surface area contributed by atoms with Crippen molar-refractivity contribution in [2.75, 3.05) is 39.6 Å². The Labute approximate surface area is 764 Å². The Morgan fingerprint density at radius 3 is 0.672 bits per heavy atom. The van der Waals surface area contributed by atoms with Crippen LogP contribution in [0.3, 0.4) is 0 Å². The molecule has 5 unspecified atom stereocenters. The molecule has 0 amide bonds. The first-order valence-electron chi connectivity index (χ1n) is 50.4. The highest BCUT2D eigenvalue weighted by molar-refractivity contribution is 7.47. The molecular formula is C107H184O16P2. The van der Waals surface area contributed by atoms with Gasteiger partial charge in [-0.15, -0.1) is 0 Å². The van der Waals surface area contributed by atoms with Crippen molar-refractivity contribution in [3.8, 4) is 0 Å². The fourth-order valence-corrected chi connectivity index (χ4v) is 15.4. The van der Waals surface area contributed by atoms with E-state index in [1.807, 2.05) is 0 Å². The van der Waals surface area contributed by atoms with Crippen molar-refractivity contribution in [3.05, 3.63) is 170 Å². The number of allylic oxidation sites excluding steroid dienone is 28. The second-order valence-corrected chi connectivity index (χ2v) is 36.5. The van der Waals surface area contributed by atoms with Crippen molar-refractivity contribution < 1.29 is 75.8 Å². The Morgan fingerprint density at radius 2 is 0.424 bits per heavy atom. The Bertz CT molecular complexity index is 2950. The molecule has 0 aromatic heterocycles. The van der Waals surface area contributed by atoms with Gasteiger partial charge in [0, 0.05) is 19.3 Å². The van der Waals surface area contributed by atoms with Crippen LogP contribution in [-0.2, 0) is 55.8 Å². The van der Waals surface area contributed by atoms with Gasteiger partial charge in [0.1, 0.15) is 25.4 Å². The molecule has 0 saturated heterocycles. The van der Waals surface area contributed by atoms with E-state index in [2.05, 4.69) is 191 Å². The summed E-state index contributed by atoms with van der Waals surface area (Å²) in [5.74, 6) is -1.57. The number of carbonyl (C=O) groups excluding carboxylic acids is 3. The third-order valence-corrected chi connectivity index (χ3v) is 23.3. The Balaban J connectivity index is 4.64. The lowest BCUT2D eigenvalue weighted by atomic mass is 10.0. The minimum atomic E-state index is -4.95. The van der Waals surface area contributed by atoms with E-state index in [4.69, 9.17) is 32.3 Å². The third kappa shape index (κ3) is 99.3. The number of esters is 3. The summed E-state index contributed by atoms with van der Waals surface area (Å²) in [6, 6.07) is 0. The van der Waals surface area contributed by atoms with Crippen LogP contribution >= 0.6 is 15.6 Å². The SMILES string of the molecule is CC/C=C\C/C=C\C/C=C\C/C=C\C/C=C\C/C=C\CCCCCCCCCCC(=O)OC(COC(=O)CCCCCCCCCCCCCCCCC/C=C\C/C=C\C/C=C\C/C=C\CCCCC)COP(=O)(O)OCC(O)COP(=O)(O)OCC(O)COC(=O)CCCCCCCCCCCCCCCCC/C=C\C/C=C\C/C=C\C/C=C\CCCCC. The molecule has 0 rings (SSSR count). The van der Waals surface area contributed by atoms with Crippen molar-refractivity contribution in [3.63, 3.8) is 0 Å². The predicted molar refractivity (Wildman–Crippen MR) is 528 cm³/mol. The van der Waals surface area contributed by atoms with Crippen molar-refractivity contribution in [1.82, 2.24) is 0 Å². The average molecular weight is 1790 g/mol. The lowest BCUT2D eigenvalue weighted by Gasteiger charge is -2.21. The molecule has 0 heterocycles. The van der Waals surface area contributed by atoms with Gasteiger partial charge in [0.15, 0.2) is 6.10 Å². The number of hydrogen-bond acceptors (Lipinski definition) is 14. The standard InChI is InChI=1S/C107H184O16P2/c1-4-7-10-13-16-19-22-25-28-31-34-37-40-43-46-48-50-52-55-57-60-63-66-69-72-75-78-81-84-87-90-93-105(110)117-96-102(108)97-119-124(113,114)120-98-103(109)99-121-125(115,116)122-101-104(123-107(112)95-92-89-86-83-80-77-74-71-68-65-62-59-54-45-42-39-36-33-30-27-24-21-18-15-12-9-6-3)100-118-106(111)94-91-88-85-82-79-76-73-70-67-64-61-58-56-53-51-49-47-44-41-38-35-32-29-26-23-20-17-14-11-8-5-2/h9,12,16-21,25-30,34-39,43-47,54,62,65,102-104,108-109H,4-8,10-11,13-15,22-24,31-33,40-42,48-53,55-61,63-64,66-101H2,1-3H3,(H,113,114)(H,115,116)/b12-9-,19-16-,20-17-,21-18-,28-25-,29-26-,30-27-,37-34-,38-35-,39-36-,46-43-,47-44-,54-45-,65-62-. The maximum Gasteiger partial charge on any atom is 0.472 e. The molecule has 0 aliphatic carbocycles. The molecule has 16 nitrogen and oxygen atoms in total. The van der Waals surface area contributed by atoms with Crippen LogP contribution in [0.2, 0.25) is 0 Å². The summed E-state index contributed by atoms with van der Waals surface area (Å²) in [6.07, 6.45) is 128. The number of rotatable bonds is 95. The maximum absolute atomic E-state index is 13.1. The zero-order chi connectivity index (χ0) is 90.7. The first-order valence-corrected chi connectivity index (χ1v) is 53.4. The number of phosphoric acid groups is 2. The van der Waals surface area contributed by atoms with E-state index in [0.717, 1.165) is 161 Å². The van der Waals surface area contributed by atoms with Gasteiger partial charge in [0.25, 0.3) is 0 Å². The highest BCUT2D eigenvalue weighted by Crippen LogP contribution is 2.45. The molecule has 5 atom stereocenters. The van der Waals surface area contributed by atoms with Gasteiger partial charge in [-0.2, -0.15) is 0 Å². The third-order valence-electron chi connectivity index (χ3n) is 21.4. The zero-order valence-corrected chi connectivity index (χ0v) is 81.3. The second kappa shape index (κ2) is 98.0. The topological polar surface area (TPSA) is 231 Å². The summed E-state index contributed by atoms with van der Waals surface area (Å²) in [5.41, 5.74) is 0. The molecule has 0 aromatic rings. The molecule has 718 valence electrons. The van der Waals surface area contributed by atoms with Gasteiger partial charge in [-0.05, 0) is 161 Å². The first-order chi connectivity index (χ1) is 61.2. The molecule has 0 aromatic carbocycles. The fourth-order valence-electron chi connectivity index (χ4n) is 13.8. The molecule has 0 spiro atoms. The van der Waals surface area contributed by atoms with Crippen LogP contribution in [0.4, 0.5) is 0 Å². The highest BCUT2D eigenvalue weighted by atomic mass is 31.2. The van der Waals surface area contributed by atoms with E-state index >= 15 is 0 Å². The van der Waals surface area contributed by atoms with Crippen molar-refractivity contribution >= 4 is 33.6 Å². The van der Waals surface area contributed by atoms with E-state index in [9.17, 15) is 43.5 Å². The Hall–Kier alpha value is -5.09. The van der Waals surface area contributed by atoms with Gasteiger partial charge in [0.2, 0.25) is 0 Å². The van der Waals surface area contributed by atoms with E-state index in [1.54, 1.807) is 0 Å². The number of carbonyl (C=O) groups is 3. The van der Waals surface area contributed by atoms with Crippen molar-refractivity contribution in [2.45, 2.75) is 450 Å². The quantitative estimate of drug-likeness (QED) is 0.0146. The lowest BCUT2D eigenvalue weighted by Crippen LogP contribution is -2.30. The molecule has 0 fully saturated rings. The van der Waals surface area contributed by atoms with Crippen LogP contribution < -0.4 is 0 Å². The van der Waals surface area contributed by atoms with Crippen molar-refractivity contribution in [1.29, 1.82) is 0 Å². The largest absolute Gasteiger partial charge is 0.472 e. The van der Waals surface area contributed by atoms with Crippen LogP contribution in [0, 0.1) is 0 Å². The molecule has 0 saturated carbocycles. The fraction of sp³-hybridized carbons (Fsp3) is 0.710. The summed E-state index contributed by atoms with van der Waals surface area (Å²) in [4.78, 5) is 59.2. The number of ether oxygens (including phenoxy) is 3. The minimum Gasteiger partial charge on any atom is -0.463 e. The van der Waals surface area contributed by atoms with Crippen molar-refractivity contribution in [2.24, 2.45) is 0 Å². The Kier molecular flexibility index (Phi) is 94.0. The monoisotopic (exact) mass is 1790 g/mol. The van der Waals surface area contributed by atoms with Gasteiger partial charge in [-0.3, -0.25) is 32.5 Å². The number of hydrogen-bond donors (Lipinski definition) is 4. The van der Waals surface area contributed by atoms with Gasteiger partial charge in [-0.1, -0.05) is 422 Å². The van der Waals surface area contributed by atoms with E-state index in [1.165, 1.54) is 212 Å². The Morgan fingerprint density at radius 1 is 0.232 bits per heavy atom. The minimum absolute atomic E-state index is 0.0905. The number of aliphatic hydroxyl groups excluding tert-OH is 2. The van der Waals surface area contributed by atoms with Gasteiger partial charge in [0.05, 0.1) is 26.4 Å². The first kappa shape index (κ1) is 120. The lowest BCUT2D eigenvalue weighted by molar-refractivity contribution is -0.161. The second-order valence-electron chi connectivity index (χ2n) is 33.5. The number of unbranched alkanes of at least 4 members (excludes halogenated alkanes) is 44. The molecule has 18 heteroatoms. The number of aliphatic hydroxyl groups is 2. The van der Waals surface area contributed by atoms with Crippen LogP contribution in [0.15, 0.2) is 170 Å². The summed E-state index contributed by atoms with van der Waals surface area (Å²) in [5, 5.41) is 20.8. The van der Waals surface area contributed by atoms with Gasteiger partial charge in [-0.25, -0.2) is 9.13 Å². The molecule has 4 N–H and O–H groups in total. The van der Waals surface area contributed by atoms with Crippen LogP contribution in [0.25, 0.3) is 0 Å². The van der Waals surface area contributed by atoms with E-state index in [0.29, 0.717) is 19.3 Å². The zero-order valence-electron chi connectivity index (χ0n) is 79.5. The molecular weight excluding hydrogens is 1600 g/mol. The van der Waals surface area contributed by atoms with E-state index in [-0.39, 0.29) is 19.3 Å². The highest BCUT2D eigenvalue weighted by Gasteiger charge is 2.30. The summed E-state index contributed by atoms with van der Waals surface area (Å²) in [7, 11) is -9.82. The molecule has 125 heavy (non-hydrogen) atoms. The molecule has 0 bridgehead atoms. The maximum atomic E-state index is 13.1.